The Bertz CT molecular complexity index is 868. The summed E-state index contributed by atoms with van der Waals surface area (Å²) in [4.78, 5) is 12.4. The number of fused-ring (bicyclic) bond motifs is 1. The molecule has 24 heavy (non-hydrogen) atoms. The van der Waals surface area contributed by atoms with Gasteiger partial charge in [0.25, 0.3) is 5.91 Å². The number of rotatable bonds is 5. The first-order valence-corrected chi connectivity index (χ1v) is 7.70. The van der Waals surface area contributed by atoms with Crippen LogP contribution in [-0.2, 0) is 6.54 Å². The van der Waals surface area contributed by atoms with Gasteiger partial charge in [-0.3, -0.25) is 4.79 Å². The molecule has 3 rings (SSSR count). The number of ether oxygens (including phenoxy) is 2. The van der Waals surface area contributed by atoms with Gasteiger partial charge in [-0.2, -0.15) is 0 Å². The molecular weight excluding hydrogens is 302 g/mol. The highest BCUT2D eigenvalue weighted by atomic mass is 16.5. The van der Waals surface area contributed by atoms with Crippen LogP contribution in [0.4, 0.5) is 0 Å². The minimum Gasteiger partial charge on any atom is -0.493 e. The van der Waals surface area contributed by atoms with Gasteiger partial charge in [-0.05, 0) is 34.5 Å². The van der Waals surface area contributed by atoms with Crippen LogP contribution in [0.3, 0.4) is 0 Å². The van der Waals surface area contributed by atoms with E-state index in [0.717, 1.165) is 16.3 Å². The van der Waals surface area contributed by atoms with Gasteiger partial charge in [0.2, 0.25) is 0 Å². The zero-order valence-corrected chi connectivity index (χ0v) is 13.7. The van der Waals surface area contributed by atoms with Crippen molar-refractivity contribution in [1.29, 1.82) is 0 Å². The molecular formula is C20H19NO3. The fraction of sp³-hybridized carbons (Fsp3) is 0.150. The number of carbonyl (C=O) groups excluding carboxylic acids is 1. The minimum absolute atomic E-state index is 0.149. The second kappa shape index (κ2) is 7.04. The molecule has 0 aliphatic carbocycles. The van der Waals surface area contributed by atoms with Gasteiger partial charge < -0.3 is 14.8 Å². The van der Waals surface area contributed by atoms with E-state index in [4.69, 9.17) is 9.47 Å². The third-order valence-corrected chi connectivity index (χ3v) is 3.97. The van der Waals surface area contributed by atoms with E-state index < -0.39 is 0 Å². The molecule has 0 heterocycles. The molecule has 0 bridgehead atoms. The topological polar surface area (TPSA) is 47.6 Å². The molecule has 0 spiro atoms. The number of hydrogen-bond acceptors (Lipinski definition) is 3. The fourth-order valence-electron chi connectivity index (χ4n) is 2.70. The van der Waals surface area contributed by atoms with Crippen molar-refractivity contribution in [3.8, 4) is 11.5 Å². The highest BCUT2D eigenvalue weighted by Gasteiger charge is 2.11. The van der Waals surface area contributed by atoms with E-state index in [0.29, 0.717) is 23.6 Å². The molecule has 0 fully saturated rings. The summed E-state index contributed by atoms with van der Waals surface area (Å²) < 4.78 is 10.4. The molecule has 122 valence electrons. The van der Waals surface area contributed by atoms with E-state index in [1.165, 1.54) is 0 Å². The summed E-state index contributed by atoms with van der Waals surface area (Å²) in [6, 6.07) is 19.4. The summed E-state index contributed by atoms with van der Waals surface area (Å²) in [5.41, 5.74) is 1.62. The lowest BCUT2D eigenvalue weighted by Crippen LogP contribution is -2.22. The van der Waals surface area contributed by atoms with Crippen LogP contribution in [0.1, 0.15) is 15.9 Å². The summed E-state index contributed by atoms with van der Waals surface area (Å²) in [7, 11) is 3.12. The van der Waals surface area contributed by atoms with Crippen LogP contribution < -0.4 is 14.8 Å². The van der Waals surface area contributed by atoms with Crippen LogP contribution in [-0.4, -0.2) is 20.1 Å². The molecule has 4 nitrogen and oxygen atoms in total. The van der Waals surface area contributed by atoms with E-state index in [1.807, 2.05) is 24.3 Å². The Balaban J connectivity index is 1.78. The quantitative estimate of drug-likeness (QED) is 0.778. The Morgan fingerprint density at radius 1 is 0.917 bits per heavy atom. The Kier molecular flexibility index (Phi) is 4.66. The van der Waals surface area contributed by atoms with Crippen molar-refractivity contribution in [1.82, 2.24) is 5.32 Å². The van der Waals surface area contributed by atoms with Gasteiger partial charge in [0.05, 0.1) is 14.2 Å². The number of benzene rings is 3. The van der Waals surface area contributed by atoms with Gasteiger partial charge >= 0.3 is 0 Å². The maximum absolute atomic E-state index is 12.4. The van der Waals surface area contributed by atoms with Crippen molar-refractivity contribution >= 4 is 16.7 Å². The summed E-state index contributed by atoms with van der Waals surface area (Å²) in [5, 5.41) is 5.27. The molecule has 0 radical (unpaired) electrons. The van der Waals surface area contributed by atoms with Crippen molar-refractivity contribution in [3.05, 3.63) is 71.8 Å². The highest BCUT2D eigenvalue weighted by molar-refractivity contribution is 5.95. The normalized spacial score (nSPS) is 10.4. The first-order valence-electron chi connectivity index (χ1n) is 7.70. The van der Waals surface area contributed by atoms with Crippen LogP contribution in [0.15, 0.2) is 60.7 Å². The molecule has 0 saturated heterocycles. The molecule has 3 aromatic carbocycles. The number of nitrogens with one attached hydrogen (secondary N) is 1. The first kappa shape index (κ1) is 15.9. The number of amides is 1. The lowest BCUT2D eigenvalue weighted by molar-refractivity contribution is 0.0950. The Labute approximate surface area is 141 Å². The van der Waals surface area contributed by atoms with Crippen LogP contribution in [0, 0.1) is 0 Å². The van der Waals surface area contributed by atoms with E-state index in [2.05, 4.69) is 23.5 Å². The molecule has 3 aromatic rings. The molecule has 1 amide bonds. The van der Waals surface area contributed by atoms with E-state index >= 15 is 0 Å². The Morgan fingerprint density at radius 3 is 2.46 bits per heavy atom. The van der Waals surface area contributed by atoms with Gasteiger partial charge in [0, 0.05) is 12.1 Å². The van der Waals surface area contributed by atoms with Crippen molar-refractivity contribution in [2.75, 3.05) is 14.2 Å². The van der Waals surface area contributed by atoms with Gasteiger partial charge in [0.15, 0.2) is 11.5 Å². The molecule has 1 N–H and O–H groups in total. The average molecular weight is 321 g/mol. The van der Waals surface area contributed by atoms with Crippen LogP contribution in [0.25, 0.3) is 10.8 Å². The molecule has 4 heteroatoms. The predicted octanol–water partition coefficient (Wildman–Crippen LogP) is 3.79. The maximum atomic E-state index is 12.4. The standard InChI is InChI=1S/C20H19NO3/c1-23-18-11-10-15(12-19(18)24-2)20(22)21-13-16-8-5-7-14-6-3-4-9-17(14)16/h3-12H,13H2,1-2H3,(H,21,22). The van der Waals surface area contributed by atoms with E-state index in [9.17, 15) is 4.79 Å². The summed E-state index contributed by atoms with van der Waals surface area (Å²) in [5.74, 6) is 0.988. The van der Waals surface area contributed by atoms with Gasteiger partial charge in [-0.15, -0.1) is 0 Å². The molecule has 0 unspecified atom stereocenters. The zero-order chi connectivity index (χ0) is 16.9. The van der Waals surface area contributed by atoms with Crippen molar-refractivity contribution in [2.24, 2.45) is 0 Å². The van der Waals surface area contributed by atoms with E-state index in [1.54, 1.807) is 32.4 Å². The fourth-order valence-corrected chi connectivity index (χ4v) is 2.70. The monoisotopic (exact) mass is 321 g/mol. The Morgan fingerprint density at radius 2 is 1.67 bits per heavy atom. The lowest BCUT2D eigenvalue weighted by Gasteiger charge is -2.11. The van der Waals surface area contributed by atoms with Crippen molar-refractivity contribution in [2.45, 2.75) is 6.54 Å². The average Bonchev–Trinajstić information content (AvgIpc) is 2.65. The van der Waals surface area contributed by atoms with Crippen LogP contribution in [0.2, 0.25) is 0 Å². The van der Waals surface area contributed by atoms with Gasteiger partial charge in [-0.25, -0.2) is 0 Å². The van der Waals surface area contributed by atoms with Gasteiger partial charge in [0.1, 0.15) is 0 Å². The molecule has 0 aromatic heterocycles. The predicted molar refractivity (Wildman–Crippen MR) is 94.7 cm³/mol. The van der Waals surface area contributed by atoms with Gasteiger partial charge in [-0.1, -0.05) is 42.5 Å². The van der Waals surface area contributed by atoms with Crippen molar-refractivity contribution < 1.29 is 14.3 Å². The maximum Gasteiger partial charge on any atom is 0.251 e. The molecule has 0 aliphatic rings. The minimum atomic E-state index is -0.149. The molecule has 0 atom stereocenters. The zero-order valence-electron chi connectivity index (χ0n) is 13.7. The summed E-state index contributed by atoms with van der Waals surface area (Å²) in [6.45, 7) is 0.467. The molecule has 0 saturated carbocycles. The second-order valence-electron chi connectivity index (χ2n) is 5.39. The largest absolute Gasteiger partial charge is 0.493 e. The third-order valence-electron chi connectivity index (χ3n) is 3.97. The van der Waals surface area contributed by atoms with Crippen molar-refractivity contribution in [3.63, 3.8) is 0 Å². The number of methoxy groups -OCH3 is 2. The van der Waals surface area contributed by atoms with E-state index in [-0.39, 0.29) is 5.91 Å². The third kappa shape index (κ3) is 3.18. The Hall–Kier alpha value is -3.01. The van der Waals surface area contributed by atoms with Crippen LogP contribution >= 0.6 is 0 Å². The smallest absolute Gasteiger partial charge is 0.251 e. The first-order chi connectivity index (χ1) is 11.7. The molecule has 0 aliphatic heterocycles. The highest BCUT2D eigenvalue weighted by Crippen LogP contribution is 2.27. The number of carbonyl (C=O) groups is 1. The second-order valence-corrected chi connectivity index (χ2v) is 5.39. The SMILES string of the molecule is COc1ccc(C(=O)NCc2cccc3ccccc23)cc1OC. The summed E-state index contributed by atoms with van der Waals surface area (Å²) >= 11 is 0. The lowest BCUT2D eigenvalue weighted by atomic mass is 10.0. The number of hydrogen-bond donors (Lipinski definition) is 1. The van der Waals surface area contributed by atoms with Crippen LogP contribution in [0.5, 0.6) is 11.5 Å². The summed E-state index contributed by atoms with van der Waals surface area (Å²) in [6.07, 6.45) is 0.